The van der Waals surface area contributed by atoms with Crippen LogP contribution < -0.4 is 15.8 Å². The first kappa shape index (κ1) is 13.1. The Kier molecular flexibility index (Phi) is 3.46. The van der Waals surface area contributed by atoms with E-state index in [0.29, 0.717) is 24.1 Å². The van der Waals surface area contributed by atoms with E-state index in [1.54, 1.807) is 0 Å². The summed E-state index contributed by atoms with van der Waals surface area (Å²) in [5.74, 6) is 1.33. The van der Waals surface area contributed by atoms with Crippen LogP contribution in [0.25, 0.3) is 0 Å². The molecule has 1 aliphatic carbocycles. The number of carbonyl (C=O) groups is 1. The van der Waals surface area contributed by atoms with Crippen LogP contribution in [0.15, 0.2) is 10.9 Å². The van der Waals surface area contributed by atoms with Crippen molar-refractivity contribution in [2.75, 3.05) is 18.0 Å². The Morgan fingerprint density at radius 1 is 1.50 bits per heavy atom. The quantitative estimate of drug-likeness (QED) is 0.846. The fourth-order valence-corrected chi connectivity index (χ4v) is 2.66. The summed E-state index contributed by atoms with van der Waals surface area (Å²) in [6, 6.07) is 1.45. The Hall–Kier alpha value is -1.85. The number of H-pyrrole nitrogens is 1. The molecule has 0 spiro atoms. The first-order chi connectivity index (χ1) is 9.63. The molecular formula is C14H20N4O2. The van der Waals surface area contributed by atoms with Gasteiger partial charge in [0.05, 0.1) is 12.2 Å². The molecule has 20 heavy (non-hydrogen) atoms. The van der Waals surface area contributed by atoms with Gasteiger partial charge in [0.15, 0.2) is 0 Å². The molecule has 1 saturated heterocycles. The highest BCUT2D eigenvalue weighted by molar-refractivity contribution is 5.81. The monoisotopic (exact) mass is 276 g/mol. The van der Waals surface area contributed by atoms with Crippen molar-refractivity contribution < 1.29 is 4.79 Å². The fourth-order valence-electron chi connectivity index (χ4n) is 2.66. The average Bonchev–Trinajstić information content (AvgIpc) is 2.93. The molecule has 2 heterocycles. The second-order valence-corrected chi connectivity index (χ2v) is 5.79. The molecule has 2 N–H and O–H groups in total. The van der Waals surface area contributed by atoms with Gasteiger partial charge < -0.3 is 10.2 Å². The van der Waals surface area contributed by atoms with E-state index < -0.39 is 0 Å². The van der Waals surface area contributed by atoms with Gasteiger partial charge in [-0.25, -0.2) is 4.98 Å². The summed E-state index contributed by atoms with van der Waals surface area (Å²) in [5, 5.41) is 2.86. The highest BCUT2D eigenvalue weighted by atomic mass is 16.2. The SMILES string of the molecule is C[C@H]1C[C@@H]1C(=O)NCc1cc(=O)[nH]c(N2CCCC2)n1. The molecule has 0 bridgehead atoms. The average molecular weight is 276 g/mol. The van der Waals surface area contributed by atoms with Crippen molar-refractivity contribution in [1.29, 1.82) is 0 Å². The normalized spacial score (nSPS) is 24.8. The summed E-state index contributed by atoms with van der Waals surface area (Å²) in [5.41, 5.74) is 0.461. The van der Waals surface area contributed by atoms with Crippen LogP contribution in [0.5, 0.6) is 0 Å². The Bertz CT molecular complexity index is 563. The van der Waals surface area contributed by atoms with Gasteiger partial charge in [-0.1, -0.05) is 6.92 Å². The molecule has 2 atom stereocenters. The lowest BCUT2D eigenvalue weighted by Crippen LogP contribution is -2.28. The predicted molar refractivity (Wildman–Crippen MR) is 75.4 cm³/mol. The number of aromatic amines is 1. The number of hydrogen-bond acceptors (Lipinski definition) is 4. The van der Waals surface area contributed by atoms with E-state index >= 15 is 0 Å². The number of amides is 1. The molecule has 2 fully saturated rings. The highest BCUT2D eigenvalue weighted by Crippen LogP contribution is 2.37. The Balaban J connectivity index is 1.66. The van der Waals surface area contributed by atoms with Crippen LogP contribution in [0.2, 0.25) is 0 Å². The van der Waals surface area contributed by atoms with Gasteiger partial charge in [-0.15, -0.1) is 0 Å². The third-order valence-electron chi connectivity index (χ3n) is 4.08. The van der Waals surface area contributed by atoms with Crippen molar-refractivity contribution in [2.24, 2.45) is 11.8 Å². The summed E-state index contributed by atoms with van der Waals surface area (Å²) in [4.78, 5) is 32.7. The number of rotatable bonds is 4. The molecule has 1 aliphatic heterocycles. The van der Waals surface area contributed by atoms with Crippen molar-refractivity contribution in [2.45, 2.75) is 32.7 Å². The molecule has 1 aromatic rings. The number of nitrogens with one attached hydrogen (secondary N) is 2. The van der Waals surface area contributed by atoms with Crippen molar-refractivity contribution in [3.8, 4) is 0 Å². The third-order valence-corrected chi connectivity index (χ3v) is 4.08. The largest absolute Gasteiger partial charge is 0.350 e. The lowest BCUT2D eigenvalue weighted by atomic mass is 10.3. The molecular weight excluding hydrogens is 256 g/mol. The minimum atomic E-state index is -0.161. The third kappa shape index (κ3) is 2.84. The number of hydrogen-bond donors (Lipinski definition) is 2. The standard InChI is InChI=1S/C14H20N4O2/c1-9-6-11(9)13(20)15-8-10-7-12(19)17-14(16-10)18-4-2-3-5-18/h7,9,11H,2-6,8H2,1H3,(H,15,20)(H,16,17,19)/t9-,11-/m0/s1. The van der Waals surface area contributed by atoms with Crippen molar-refractivity contribution in [1.82, 2.24) is 15.3 Å². The van der Waals surface area contributed by atoms with E-state index in [1.807, 2.05) is 0 Å². The molecule has 6 heteroatoms. The van der Waals surface area contributed by atoms with E-state index in [9.17, 15) is 9.59 Å². The Labute approximate surface area is 117 Å². The van der Waals surface area contributed by atoms with E-state index in [1.165, 1.54) is 6.07 Å². The summed E-state index contributed by atoms with van der Waals surface area (Å²) < 4.78 is 0. The van der Waals surface area contributed by atoms with Crippen LogP contribution in [0, 0.1) is 11.8 Å². The molecule has 6 nitrogen and oxygen atoms in total. The topological polar surface area (TPSA) is 78.1 Å². The zero-order valence-electron chi connectivity index (χ0n) is 11.7. The lowest BCUT2D eigenvalue weighted by Gasteiger charge is -2.16. The van der Waals surface area contributed by atoms with Crippen molar-refractivity contribution >= 4 is 11.9 Å². The predicted octanol–water partition coefficient (Wildman–Crippen LogP) is 0.642. The van der Waals surface area contributed by atoms with Gasteiger partial charge in [-0.2, -0.15) is 0 Å². The van der Waals surface area contributed by atoms with E-state index in [-0.39, 0.29) is 17.4 Å². The first-order valence-electron chi connectivity index (χ1n) is 7.26. The van der Waals surface area contributed by atoms with Crippen LogP contribution in [0.4, 0.5) is 5.95 Å². The van der Waals surface area contributed by atoms with Gasteiger partial charge in [0.1, 0.15) is 0 Å². The maximum absolute atomic E-state index is 11.8. The van der Waals surface area contributed by atoms with Gasteiger partial charge in [0.2, 0.25) is 11.9 Å². The molecule has 1 amide bonds. The van der Waals surface area contributed by atoms with Gasteiger partial charge in [-0.3, -0.25) is 14.6 Å². The summed E-state index contributed by atoms with van der Waals surface area (Å²) in [6.45, 7) is 4.25. The molecule has 0 radical (unpaired) electrons. The molecule has 0 unspecified atom stereocenters. The summed E-state index contributed by atoms with van der Waals surface area (Å²) in [7, 11) is 0. The fraction of sp³-hybridized carbons (Fsp3) is 0.643. The minimum Gasteiger partial charge on any atom is -0.350 e. The molecule has 108 valence electrons. The number of aromatic nitrogens is 2. The number of anilines is 1. The molecule has 1 aromatic heterocycles. The number of nitrogens with zero attached hydrogens (tertiary/aromatic N) is 2. The summed E-state index contributed by atoms with van der Waals surface area (Å²) in [6.07, 6.45) is 3.22. The van der Waals surface area contributed by atoms with Crippen LogP contribution in [0.3, 0.4) is 0 Å². The maximum Gasteiger partial charge on any atom is 0.252 e. The van der Waals surface area contributed by atoms with Crippen LogP contribution in [-0.2, 0) is 11.3 Å². The van der Waals surface area contributed by atoms with Gasteiger partial charge in [-0.05, 0) is 25.2 Å². The number of carbonyl (C=O) groups excluding carboxylic acids is 1. The smallest absolute Gasteiger partial charge is 0.252 e. The zero-order valence-corrected chi connectivity index (χ0v) is 11.7. The van der Waals surface area contributed by atoms with Crippen LogP contribution in [-0.4, -0.2) is 29.0 Å². The minimum absolute atomic E-state index is 0.0716. The molecule has 3 rings (SSSR count). The molecule has 0 aromatic carbocycles. The van der Waals surface area contributed by atoms with Gasteiger partial charge in [0, 0.05) is 25.1 Å². The second-order valence-electron chi connectivity index (χ2n) is 5.79. The lowest BCUT2D eigenvalue weighted by molar-refractivity contribution is -0.122. The van der Waals surface area contributed by atoms with Crippen LogP contribution >= 0.6 is 0 Å². The van der Waals surface area contributed by atoms with E-state index in [2.05, 4.69) is 27.1 Å². The van der Waals surface area contributed by atoms with E-state index in [4.69, 9.17) is 0 Å². The Morgan fingerprint density at radius 3 is 2.85 bits per heavy atom. The molecule has 1 saturated carbocycles. The van der Waals surface area contributed by atoms with Crippen LogP contribution in [0.1, 0.15) is 31.9 Å². The zero-order chi connectivity index (χ0) is 14.1. The van der Waals surface area contributed by atoms with Gasteiger partial charge >= 0.3 is 0 Å². The molecule has 2 aliphatic rings. The highest BCUT2D eigenvalue weighted by Gasteiger charge is 2.38. The Morgan fingerprint density at radius 2 is 2.20 bits per heavy atom. The van der Waals surface area contributed by atoms with E-state index in [0.717, 1.165) is 32.4 Å². The summed E-state index contributed by atoms with van der Waals surface area (Å²) >= 11 is 0. The van der Waals surface area contributed by atoms with Crippen molar-refractivity contribution in [3.63, 3.8) is 0 Å². The van der Waals surface area contributed by atoms with Crippen molar-refractivity contribution in [3.05, 3.63) is 22.1 Å². The first-order valence-corrected chi connectivity index (χ1v) is 7.26. The second kappa shape index (κ2) is 5.26. The van der Waals surface area contributed by atoms with Gasteiger partial charge in [0.25, 0.3) is 5.56 Å². The maximum atomic E-state index is 11.8.